The van der Waals surface area contributed by atoms with Crippen LogP contribution >= 0.6 is 0 Å². The molecule has 0 saturated heterocycles. The highest BCUT2D eigenvalue weighted by molar-refractivity contribution is 5.91. The molecule has 1 heterocycles. The largest absolute Gasteiger partial charge is 0.330 e. The number of halogens is 1. The van der Waals surface area contributed by atoms with Crippen LogP contribution in [0.3, 0.4) is 0 Å². The van der Waals surface area contributed by atoms with Crippen molar-refractivity contribution in [1.29, 1.82) is 0 Å². The van der Waals surface area contributed by atoms with E-state index in [-0.39, 0.29) is 17.7 Å². The quantitative estimate of drug-likeness (QED) is 0.862. The summed E-state index contributed by atoms with van der Waals surface area (Å²) in [6.45, 7) is 0.537. The van der Waals surface area contributed by atoms with Gasteiger partial charge in [-0.3, -0.25) is 4.79 Å². The van der Waals surface area contributed by atoms with Crippen LogP contribution in [-0.4, -0.2) is 17.4 Å². The normalized spacial score (nSPS) is 23.7. The van der Waals surface area contributed by atoms with E-state index in [0.29, 0.717) is 12.4 Å². The van der Waals surface area contributed by atoms with Gasteiger partial charge in [0, 0.05) is 5.92 Å². The van der Waals surface area contributed by atoms with Crippen molar-refractivity contribution in [1.82, 2.24) is 4.98 Å². The Balaban J connectivity index is 2.00. The number of nitrogens with two attached hydrogens (primary N) is 1. The molecule has 1 aliphatic rings. The number of aromatic nitrogens is 1. The predicted octanol–water partition coefficient (Wildman–Crippen LogP) is 1.92. The van der Waals surface area contributed by atoms with Crippen LogP contribution in [0.4, 0.5) is 10.2 Å². The van der Waals surface area contributed by atoms with Gasteiger partial charge in [0.25, 0.3) is 0 Å². The molecule has 0 spiro atoms. The minimum absolute atomic E-state index is 0.0457. The maximum atomic E-state index is 12.7. The third-order valence-electron chi connectivity index (χ3n) is 3.53. The molecule has 1 amide bonds. The molecule has 2 atom stereocenters. The molecule has 0 aliphatic heterocycles. The number of anilines is 1. The molecular weight excluding hydrogens is 233 g/mol. The van der Waals surface area contributed by atoms with E-state index >= 15 is 0 Å². The SMILES string of the molecule is NCC1CCCCC1C(=O)Nc1ccc(F)cn1. The van der Waals surface area contributed by atoms with Crippen molar-refractivity contribution in [3.63, 3.8) is 0 Å². The van der Waals surface area contributed by atoms with E-state index in [9.17, 15) is 9.18 Å². The van der Waals surface area contributed by atoms with Crippen molar-refractivity contribution in [3.8, 4) is 0 Å². The predicted molar refractivity (Wildman–Crippen MR) is 67.3 cm³/mol. The highest BCUT2D eigenvalue weighted by Crippen LogP contribution is 2.30. The molecule has 3 N–H and O–H groups in total. The Labute approximate surface area is 106 Å². The summed E-state index contributed by atoms with van der Waals surface area (Å²) < 4.78 is 12.7. The second-order valence-corrected chi connectivity index (χ2v) is 4.74. The molecule has 98 valence electrons. The first kappa shape index (κ1) is 13.0. The summed E-state index contributed by atoms with van der Waals surface area (Å²) in [6, 6.07) is 2.75. The van der Waals surface area contributed by atoms with E-state index in [1.807, 2.05) is 0 Å². The fourth-order valence-corrected chi connectivity index (χ4v) is 2.50. The van der Waals surface area contributed by atoms with Crippen LogP contribution in [0.15, 0.2) is 18.3 Å². The van der Waals surface area contributed by atoms with Crippen molar-refractivity contribution in [3.05, 3.63) is 24.1 Å². The van der Waals surface area contributed by atoms with Crippen molar-refractivity contribution >= 4 is 11.7 Å². The average molecular weight is 251 g/mol. The molecule has 5 heteroatoms. The summed E-state index contributed by atoms with van der Waals surface area (Å²) in [4.78, 5) is 15.9. The Hall–Kier alpha value is -1.49. The maximum Gasteiger partial charge on any atom is 0.228 e. The molecule has 4 nitrogen and oxygen atoms in total. The number of nitrogens with one attached hydrogen (secondary N) is 1. The fraction of sp³-hybridized carbons (Fsp3) is 0.538. The van der Waals surface area contributed by atoms with Crippen molar-refractivity contribution in [2.24, 2.45) is 17.6 Å². The first-order valence-corrected chi connectivity index (χ1v) is 6.33. The van der Waals surface area contributed by atoms with Crippen molar-refractivity contribution in [2.75, 3.05) is 11.9 Å². The molecule has 2 unspecified atom stereocenters. The molecule has 2 rings (SSSR count). The minimum Gasteiger partial charge on any atom is -0.330 e. The summed E-state index contributed by atoms with van der Waals surface area (Å²) >= 11 is 0. The zero-order chi connectivity index (χ0) is 13.0. The second-order valence-electron chi connectivity index (χ2n) is 4.74. The van der Waals surface area contributed by atoms with Crippen LogP contribution in [0.2, 0.25) is 0 Å². The minimum atomic E-state index is -0.412. The fourth-order valence-electron chi connectivity index (χ4n) is 2.50. The van der Waals surface area contributed by atoms with E-state index in [4.69, 9.17) is 5.73 Å². The van der Waals surface area contributed by atoms with Gasteiger partial charge in [0.05, 0.1) is 6.20 Å². The van der Waals surface area contributed by atoms with Gasteiger partial charge in [-0.15, -0.1) is 0 Å². The maximum absolute atomic E-state index is 12.7. The molecule has 18 heavy (non-hydrogen) atoms. The highest BCUT2D eigenvalue weighted by atomic mass is 19.1. The topological polar surface area (TPSA) is 68.0 Å². The zero-order valence-electron chi connectivity index (χ0n) is 10.2. The number of hydrogen-bond acceptors (Lipinski definition) is 3. The lowest BCUT2D eigenvalue weighted by atomic mass is 9.79. The Morgan fingerprint density at radius 3 is 2.89 bits per heavy atom. The number of nitrogens with zero attached hydrogens (tertiary/aromatic N) is 1. The lowest BCUT2D eigenvalue weighted by Crippen LogP contribution is -2.35. The number of pyridine rings is 1. The van der Waals surface area contributed by atoms with Crippen molar-refractivity contribution in [2.45, 2.75) is 25.7 Å². The molecule has 1 aromatic heterocycles. The van der Waals surface area contributed by atoms with Gasteiger partial charge in [-0.05, 0) is 37.4 Å². The van der Waals surface area contributed by atoms with Crippen LogP contribution in [0.25, 0.3) is 0 Å². The third kappa shape index (κ3) is 3.04. The molecule has 1 aliphatic carbocycles. The number of hydrogen-bond donors (Lipinski definition) is 2. The molecule has 0 bridgehead atoms. The summed E-state index contributed by atoms with van der Waals surface area (Å²) in [5.41, 5.74) is 5.70. The van der Waals surface area contributed by atoms with E-state index < -0.39 is 5.82 Å². The molecule has 0 aromatic carbocycles. The molecule has 1 aromatic rings. The Bertz CT molecular complexity index is 407. The van der Waals surface area contributed by atoms with E-state index in [1.165, 1.54) is 12.1 Å². The first-order valence-electron chi connectivity index (χ1n) is 6.33. The zero-order valence-corrected chi connectivity index (χ0v) is 10.2. The molecule has 1 fully saturated rings. The summed E-state index contributed by atoms with van der Waals surface area (Å²) in [5, 5.41) is 2.73. The Morgan fingerprint density at radius 2 is 2.22 bits per heavy atom. The van der Waals surface area contributed by atoms with Gasteiger partial charge in [-0.2, -0.15) is 0 Å². The monoisotopic (exact) mass is 251 g/mol. The summed E-state index contributed by atoms with van der Waals surface area (Å²) in [6.07, 6.45) is 5.17. The number of amides is 1. The Morgan fingerprint density at radius 1 is 1.44 bits per heavy atom. The van der Waals surface area contributed by atoms with Crippen LogP contribution in [0, 0.1) is 17.7 Å². The van der Waals surface area contributed by atoms with E-state index in [2.05, 4.69) is 10.3 Å². The third-order valence-corrected chi connectivity index (χ3v) is 3.53. The van der Waals surface area contributed by atoms with Crippen LogP contribution in [-0.2, 0) is 4.79 Å². The van der Waals surface area contributed by atoms with Crippen molar-refractivity contribution < 1.29 is 9.18 Å². The average Bonchev–Trinajstić information content (AvgIpc) is 2.41. The lowest BCUT2D eigenvalue weighted by molar-refractivity contribution is -0.122. The van der Waals surface area contributed by atoms with E-state index in [1.54, 1.807) is 0 Å². The molecule has 0 radical (unpaired) electrons. The van der Waals surface area contributed by atoms with E-state index in [0.717, 1.165) is 31.9 Å². The van der Waals surface area contributed by atoms with Gasteiger partial charge in [0.15, 0.2) is 0 Å². The van der Waals surface area contributed by atoms with Gasteiger partial charge in [0.1, 0.15) is 11.6 Å². The van der Waals surface area contributed by atoms with Gasteiger partial charge in [-0.25, -0.2) is 9.37 Å². The first-order chi connectivity index (χ1) is 8.70. The van der Waals surface area contributed by atoms with Gasteiger partial charge in [0.2, 0.25) is 5.91 Å². The van der Waals surface area contributed by atoms with Gasteiger partial charge < -0.3 is 11.1 Å². The van der Waals surface area contributed by atoms with Crippen LogP contribution < -0.4 is 11.1 Å². The highest BCUT2D eigenvalue weighted by Gasteiger charge is 2.29. The summed E-state index contributed by atoms with van der Waals surface area (Å²) in [7, 11) is 0. The number of carbonyl (C=O) groups excluding carboxylic acids is 1. The van der Waals surface area contributed by atoms with Gasteiger partial charge in [-0.1, -0.05) is 12.8 Å². The standard InChI is InChI=1S/C13H18FN3O/c14-10-5-6-12(16-8-10)17-13(18)11-4-2-1-3-9(11)7-15/h5-6,8-9,11H,1-4,7,15H2,(H,16,17,18). The lowest BCUT2D eigenvalue weighted by Gasteiger charge is -2.29. The molecule has 1 saturated carbocycles. The smallest absolute Gasteiger partial charge is 0.228 e. The Kier molecular flexibility index (Phi) is 4.25. The molecular formula is C13H18FN3O. The van der Waals surface area contributed by atoms with Crippen LogP contribution in [0.1, 0.15) is 25.7 Å². The number of carbonyl (C=O) groups is 1. The van der Waals surface area contributed by atoms with Crippen LogP contribution in [0.5, 0.6) is 0 Å². The second kappa shape index (κ2) is 5.91. The van der Waals surface area contributed by atoms with Gasteiger partial charge >= 0.3 is 0 Å². The summed E-state index contributed by atoms with van der Waals surface area (Å²) in [5.74, 6) is 0.132. The number of rotatable bonds is 3.